The highest BCUT2D eigenvalue weighted by atomic mass is 32.1. The van der Waals surface area contributed by atoms with E-state index in [9.17, 15) is 4.79 Å². The standard InChI is InChI=1S/C10H12N4OS/c1-6(15)9-13-14-8(7-4-2-3-5-7)11-12-10(14)16-9/h7H,2-5H2,1H3. The van der Waals surface area contributed by atoms with Crippen molar-refractivity contribution in [2.24, 2.45) is 0 Å². The van der Waals surface area contributed by atoms with E-state index in [4.69, 9.17) is 0 Å². The van der Waals surface area contributed by atoms with Crippen molar-refractivity contribution in [1.82, 2.24) is 19.8 Å². The Kier molecular flexibility index (Phi) is 2.24. The Balaban J connectivity index is 2.07. The van der Waals surface area contributed by atoms with Crippen molar-refractivity contribution in [3.05, 3.63) is 10.8 Å². The van der Waals surface area contributed by atoms with Gasteiger partial charge in [-0.15, -0.1) is 15.3 Å². The van der Waals surface area contributed by atoms with E-state index >= 15 is 0 Å². The summed E-state index contributed by atoms with van der Waals surface area (Å²) in [6.45, 7) is 1.53. The number of carbonyl (C=O) groups excluding carboxylic acids is 1. The van der Waals surface area contributed by atoms with Crippen LogP contribution in [-0.4, -0.2) is 25.6 Å². The first-order valence-electron chi connectivity index (χ1n) is 5.49. The minimum Gasteiger partial charge on any atom is -0.292 e. The van der Waals surface area contributed by atoms with E-state index in [0.717, 1.165) is 23.6 Å². The minimum atomic E-state index is -0.00660. The molecule has 0 spiro atoms. The van der Waals surface area contributed by atoms with Crippen LogP contribution >= 0.6 is 11.3 Å². The fourth-order valence-electron chi connectivity index (χ4n) is 2.21. The third-order valence-corrected chi connectivity index (χ3v) is 4.04. The maximum atomic E-state index is 11.2. The lowest BCUT2D eigenvalue weighted by atomic mass is 10.1. The molecule has 1 aliphatic rings. The van der Waals surface area contributed by atoms with Crippen molar-refractivity contribution in [2.75, 3.05) is 0 Å². The van der Waals surface area contributed by atoms with E-state index in [0.29, 0.717) is 10.9 Å². The van der Waals surface area contributed by atoms with Gasteiger partial charge in [-0.1, -0.05) is 24.2 Å². The van der Waals surface area contributed by atoms with Crippen molar-refractivity contribution in [1.29, 1.82) is 0 Å². The number of rotatable bonds is 2. The number of ketones is 1. The van der Waals surface area contributed by atoms with Crippen molar-refractivity contribution in [2.45, 2.75) is 38.5 Å². The third kappa shape index (κ3) is 1.44. The van der Waals surface area contributed by atoms with E-state index in [1.165, 1.54) is 31.1 Å². The van der Waals surface area contributed by atoms with Gasteiger partial charge in [0, 0.05) is 12.8 Å². The number of fused-ring (bicyclic) bond motifs is 1. The van der Waals surface area contributed by atoms with Crippen LogP contribution in [-0.2, 0) is 0 Å². The van der Waals surface area contributed by atoms with E-state index in [-0.39, 0.29) is 5.78 Å². The summed E-state index contributed by atoms with van der Waals surface area (Å²) in [5.74, 6) is 1.39. The normalized spacial score (nSPS) is 17.3. The molecule has 0 saturated heterocycles. The number of carbonyl (C=O) groups is 1. The molecular formula is C10H12N4OS. The van der Waals surface area contributed by atoms with Gasteiger partial charge in [0.1, 0.15) is 0 Å². The van der Waals surface area contributed by atoms with Crippen LogP contribution in [0.1, 0.15) is 54.2 Å². The minimum absolute atomic E-state index is 0.00660. The van der Waals surface area contributed by atoms with Crippen LogP contribution in [0.25, 0.3) is 4.96 Å². The van der Waals surface area contributed by atoms with Gasteiger partial charge < -0.3 is 0 Å². The molecule has 0 unspecified atom stereocenters. The molecule has 0 amide bonds. The Hall–Kier alpha value is -1.30. The quantitative estimate of drug-likeness (QED) is 0.749. The van der Waals surface area contributed by atoms with Gasteiger partial charge in [-0.2, -0.15) is 4.52 Å². The molecule has 2 aromatic heterocycles. The molecule has 6 heteroatoms. The fourth-order valence-corrected chi connectivity index (χ4v) is 2.95. The number of Topliss-reactive ketones (excluding diaryl/α,β-unsaturated/α-hetero) is 1. The predicted octanol–water partition coefficient (Wildman–Crippen LogP) is 2.05. The largest absolute Gasteiger partial charge is 0.292 e. The van der Waals surface area contributed by atoms with Crippen molar-refractivity contribution < 1.29 is 4.79 Å². The molecule has 16 heavy (non-hydrogen) atoms. The number of hydrogen-bond acceptors (Lipinski definition) is 5. The molecule has 2 aromatic rings. The van der Waals surface area contributed by atoms with Crippen LogP contribution in [0.5, 0.6) is 0 Å². The summed E-state index contributed by atoms with van der Waals surface area (Å²) < 4.78 is 1.75. The Morgan fingerprint density at radius 3 is 2.81 bits per heavy atom. The lowest BCUT2D eigenvalue weighted by Crippen LogP contribution is -2.02. The summed E-state index contributed by atoms with van der Waals surface area (Å²) in [6.07, 6.45) is 4.83. The molecule has 0 bridgehead atoms. The average Bonchev–Trinajstić information content (AvgIpc) is 2.92. The molecule has 0 radical (unpaired) electrons. The topological polar surface area (TPSA) is 60.2 Å². The molecule has 0 atom stereocenters. The summed E-state index contributed by atoms with van der Waals surface area (Å²) in [7, 11) is 0. The van der Waals surface area contributed by atoms with Gasteiger partial charge in [-0.25, -0.2) is 0 Å². The monoisotopic (exact) mass is 236 g/mol. The lowest BCUT2D eigenvalue weighted by Gasteiger charge is -2.02. The van der Waals surface area contributed by atoms with Crippen LogP contribution in [0.3, 0.4) is 0 Å². The summed E-state index contributed by atoms with van der Waals surface area (Å²) in [5, 5.41) is 13.1. The zero-order valence-corrected chi connectivity index (χ0v) is 9.83. The first-order chi connectivity index (χ1) is 7.75. The third-order valence-electron chi connectivity index (χ3n) is 3.04. The maximum absolute atomic E-state index is 11.2. The molecule has 84 valence electrons. The molecule has 1 aliphatic carbocycles. The Bertz CT molecular complexity index is 538. The Morgan fingerprint density at radius 1 is 1.38 bits per heavy atom. The number of aromatic nitrogens is 4. The van der Waals surface area contributed by atoms with E-state index < -0.39 is 0 Å². The van der Waals surface area contributed by atoms with Gasteiger partial charge in [-0.3, -0.25) is 4.79 Å². The van der Waals surface area contributed by atoms with Crippen molar-refractivity contribution >= 4 is 22.1 Å². The van der Waals surface area contributed by atoms with Crippen LogP contribution in [0, 0.1) is 0 Å². The highest BCUT2D eigenvalue weighted by Gasteiger charge is 2.24. The van der Waals surface area contributed by atoms with Gasteiger partial charge in [0.2, 0.25) is 4.96 Å². The Labute approximate surface area is 96.5 Å². The van der Waals surface area contributed by atoms with E-state index in [1.54, 1.807) is 4.52 Å². The second kappa shape index (κ2) is 3.62. The lowest BCUT2D eigenvalue weighted by molar-refractivity contribution is 0.101. The molecule has 5 nitrogen and oxygen atoms in total. The molecule has 1 saturated carbocycles. The zero-order valence-electron chi connectivity index (χ0n) is 9.01. The first-order valence-corrected chi connectivity index (χ1v) is 6.30. The second-order valence-corrected chi connectivity index (χ2v) is 5.15. The summed E-state index contributed by atoms with van der Waals surface area (Å²) in [4.78, 5) is 12.0. The van der Waals surface area contributed by atoms with Gasteiger partial charge in [-0.05, 0) is 12.8 Å². The predicted molar refractivity (Wildman–Crippen MR) is 59.9 cm³/mol. The molecule has 1 fully saturated rings. The average molecular weight is 236 g/mol. The molecule has 0 N–H and O–H groups in total. The Morgan fingerprint density at radius 2 is 2.12 bits per heavy atom. The second-order valence-electron chi connectivity index (χ2n) is 4.20. The van der Waals surface area contributed by atoms with Crippen LogP contribution in [0.15, 0.2) is 0 Å². The molecule has 2 heterocycles. The highest BCUT2D eigenvalue weighted by Crippen LogP contribution is 2.33. The van der Waals surface area contributed by atoms with Crippen LogP contribution in [0.4, 0.5) is 0 Å². The maximum Gasteiger partial charge on any atom is 0.235 e. The molecule has 0 aliphatic heterocycles. The van der Waals surface area contributed by atoms with Crippen LogP contribution in [0.2, 0.25) is 0 Å². The van der Waals surface area contributed by atoms with Crippen LogP contribution < -0.4 is 0 Å². The fraction of sp³-hybridized carbons (Fsp3) is 0.600. The summed E-state index contributed by atoms with van der Waals surface area (Å²) >= 11 is 1.31. The molecule has 3 rings (SSSR count). The van der Waals surface area contributed by atoms with E-state index in [1.807, 2.05) is 0 Å². The summed E-state index contributed by atoms with van der Waals surface area (Å²) in [6, 6.07) is 0. The SMILES string of the molecule is CC(=O)c1nn2c(C3CCCC3)nnc2s1. The first kappa shape index (κ1) is 9.89. The van der Waals surface area contributed by atoms with Gasteiger partial charge in [0.15, 0.2) is 16.6 Å². The van der Waals surface area contributed by atoms with Crippen molar-refractivity contribution in [3.63, 3.8) is 0 Å². The van der Waals surface area contributed by atoms with Crippen molar-refractivity contribution in [3.8, 4) is 0 Å². The van der Waals surface area contributed by atoms with Gasteiger partial charge >= 0.3 is 0 Å². The van der Waals surface area contributed by atoms with E-state index in [2.05, 4.69) is 15.3 Å². The highest BCUT2D eigenvalue weighted by molar-refractivity contribution is 7.18. The van der Waals surface area contributed by atoms with Gasteiger partial charge in [0.05, 0.1) is 0 Å². The number of hydrogen-bond donors (Lipinski definition) is 0. The van der Waals surface area contributed by atoms with Gasteiger partial charge in [0.25, 0.3) is 0 Å². The zero-order chi connectivity index (χ0) is 11.1. The molecule has 0 aromatic carbocycles. The smallest absolute Gasteiger partial charge is 0.235 e. The molecular weight excluding hydrogens is 224 g/mol. The number of nitrogens with zero attached hydrogens (tertiary/aromatic N) is 4. The summed E-state index contributed by atoms with van der Waals surface area (Å²) in [5.41, 5.74) is 0.